The largest absolute Gasteiger partial charge is 0.465 e. The van der Waals surface area contributed by atoms with Gasteiger partial charge in [-0.25, -0.2) is 8.42 Å². The highest BCUT2D eigenvalue weighted by atomic mass is 32.2. The van der Waals surface area contributed by atoms with Crippen molar-refractivity contribution in [2.45, 2.75) is 32.5 Å². The molecular formula is C31H34F3N3O7S. The van der Waals surface area contributed by atoms with E-state index in [0.29, 0.717) is 35.4 Å². The van der Waals surface area contributed by atoms with Gasteiger partial charge in [0.2, 0.25) is 10.0 Å². The Balaban J connectivity index is 1.62. The first kappa shape index (κ1) is 33.7. The molecular weight excluding hydrogens is 615 g/mol. The fourth-order valence-corrected chi connectivity index (χ4v) is 5.31. The van der Waals surface area contributed by atoms with Gasteiger partial charge in [0, 0.05) is 36.5 Å². The molecule has 0 saturated heterocycles. The molecule has 3 aromatic carbocycles. The molecule has 10 nitrogen and oxygen atoms in total. The van der Waals surface area contributed by atoms with Gasteiger partial charge in [-0.2, -0.15) is 13.2 Å². The monoisotopic (exact) mass is 649 g/mol. The first-order chi connectivity index (χ1) is 21.2. The molecule has 0 aliphatic carbocycles. The van der Waals surface area contributed by atoms with E-state index in [1.165, 1.54) is 42.3 Å². The zero-order valence-corrected chi connectivity index (χ0v) is 26.0. The number of carbonyl (C=O) groups excluding carboxylic acids is 2. The number of hydrogen-bond acceptors (Lipinski definition) is 7. The molecule has 0 bridgehead atoms. The highest BCUT2D eigenvalue weighted by Gasteiger charge is 2.32. The van der Waals surface area contributed by atoms with Crippen molar-refractivity contribution in [3.63, 3.8) is 0 Å². The minimum absolute atomic E-state index is 0.112. The molecule has 0 saturated carbocycles. The lowest BCUT2D eigenvalue weighted by Crippen LogP contribution is -2.37. The smallest absolute Gasteiger partial charge is 0.416 e. The summed E-state index contributed by atoms with van der Waals surface area (Å²) in [7, 11) is -2.17. The van der Waals surface area contributed by atoms with Crippen molar-refractivity contribution >= 4 is 33.2 Å². The van der Waals surface area contributed by atoms with Crippen LogP contribution < -0.4 is 19.7 Å². The van der Waals surface area contributed by atoms with Crippen LogP contribution in [0.15, 0.2) is 54.6 Å². The summed E-state index contributed by atoms with van der Waals surface area (Å²) in [6.07, 6.45) is -3.31. The first-order valence-corrected chi connectivity index (χ1v) is 15.8. The molecule has 2 amide bonds. The summed E-state index contributed by atoms with van der Waals surface area (Å²) < 4.78 is 83.4. The SMILES string of the molecule is COCCOCOc1ccc(N2CCc3cc(-c4cc(C(=O)NC(C)C)cc(C(F)(F)F)c4)ccc3C2=O)cc1NS(C)(=O)=O. The summed E-state index contributed by atoms with van der Waals surface area (Å²) in [4.78, 5) is 27.6. The minimum atomic E-state index is -4.67. The van der Waals surface area contributed by atoms with Gasteiger partial charge in [0.25, 0.3) is 11.8 Å². The van der Waals surface area contributed by atoms with Crippen LogP contribution in [-0.2, 0) is 32.1 Å². The average Bonchev–Trinajstić information content (AvgIpc) is 2.96. The third kappa shape index (κ3) is 8.74. The maximum absolute atomic E-state index is 13.7. The molecule has 4 rings (SSSR count). The average molecular weight is 650 g/mol. The van der Waals surface area contributed by atoms with Gasteiger partial charge in [0.15, 0.2) is 6.79 Å². The number of nitrogens with one attached hydrogen (secondary N) is 2. The molecule has 242 valence electrons. The van der Waals surface area contributed by atoms with Crippen molar-refractivity contribution in [3.05, 3.63) is 76.9 Å². The normalized spacial score (nSPS) is 13.5. The molecule has 0 unspecified atom stereocenters. The number of rotatable bonds is 12. The number of fused-ring (bicyclic) bond motifs is 1. The van der Waals surface area contributed by atoms with Crippen LogP contribution in [0.4, 0.5) is 24.5 Å². The first-order valence-electron chi connectivity index (χ1n) is 14.0. The molecule has 0 radical (unpaired) electrons. The van der Waals surface area contributed by atoms with Crippen LogP contribution in [0.25, 0.3) is 11.1 Å². The maximum Gasteiger partial charge on any atom is 0.416 e. The molecule has 0 spiro atoms. The fourth-order valence-electron chi connectivity index (χ4n) is 4.75. The van der Waals surface area contributed by atoms with E-state index in [1.807, 2.05) is 0 Å². The lowest BCUT2D eigenvalue weighted by Gasteiger charge is -2.29. The Morgan fingerprint density at radius 1 is 1.02 bits per heavy atom. The Hall–Kier alpha value is -4.14. The van der Waals surface area contributed by atoms with E-state index in [-0.39, 0.29) is 54.5 Å². The van der Waals surface area contributed by atoms with Gasteiger partial charge in [0.05, 0.1) is 30.7 Å². The molecule has 1 heterocycles. The Bertz CT molecular complexity index is 1680. The van der Waals surface area contributed by atoms with E-state index in [1.54, 1.807) is 26.0 Å². The summed E-state index contributed by atoms with van der Waals surface area (Å²) >= 11 is 0. The molecule has 1 aliphatic heterocycles. The van der Waals surface area contributed by atoms with E-state index in [2.05, 4.69) is 10.0 Å². The van der Waals surface area contributed by atoms with E-state index in [4.69, 9.17) is 14.2 Å². The Labute approximate surface area is 259 Å². The molecule has 45 heavy (non-hydrogen) atoms. The summed E-state index contributed by atoms with van der Waals surface area (Å²) in [5, 5.41) is 2.62. The van der Waals surface area contributed by atoms with Crippen LogP contribution in [-0.4, -0.2) is 66.2 Å². The third-order valence-electron chi connectivity index (χ3n) is 6.76. The second-order valence-corrected chi connectivity index (χ2v) is 12.5. The van der Waals surface area contributed by atoms with Crippen LogP contribution in [0.5, 0.6) is 5.75 Å². The standard InChI is InChI=1S/C31H34F3N3O7S/c1-19(2)35-29(38)23-14-22(15-24(16-23)31(32,33)34)20-5-7-26-21(13-20)9-10-37(30(26)39)25-6-8-28(44-18-43-12-11-42-3)27(17-25)36-45(4,40)41/h5-8,13-17,19,36H,9-12,18H2,1-4H3,(H,35,38). The number of benzene rings is 3. The van der Waals surface area contributed by atoms with E-state index < -0.39 is 27.7 Å². The van der Waals surface area contributed by atoms with Gasteiger partial charge < -0.3 is 24.4 Å². The third-order valence-corrected chi connectivity index (χ3v) is 7.35. The van der Waals surface area contributed by atoms with E-state index >= 15 is 0 Å². The van der Waals surface area contributed by atoms with Crippen LogP contribution in [0.3, 0.4) is 0 Å². The zero-order chi connectivity index (χ0) is 32.9. The lowest BCUT2D eigenvalue weighted by molar-refractivity contribution is -0.137. The quantitative estimate of drug-likeness (QED) is 0.207. The van der Waals surface area contributed by atoms with Crippen LogP contribution in [0.1, 0.15) is 45.7 Å². The van der Waals surface area contributed by atoms with Crippen molar-refractivity contribution in [1.29, 1.82) is 0 Å². The van der Waals surface area contributed by atoms with Crippen LogP contribution in [0.2, 0.25) is 0 Å². The number of alkyl halides is 3. The molecule has 0 atom stereocenters. The lowest BCUT2D eigenvalue weighted by atomic mass is 9.92. The number of methoxy groups -OCH3 is 1. The van der Waals surface area contributed by atoms with Gasteiger partial charge in [-0.1, -0.05) is 12.1 Å². The van der Waals surface area contributed by atoms with Crippen molar-refractivity contribution in [3.8, 4) is 16.9 Å². The zero-order valence-electron chi connectivity index (χ0n) is 25.2. The number of nitrogens with zero attached hydrogens (tertiary/aromatic N) is 1. The number of ether oxygens (including phenoxy) is 3. The molecule has 2 N–H and O–H groups in total. The highest BCUT2D eigenvalue weighted by Crippen LogP contribution is 2.36. The predicted molar refractivity (Wildman–Crippen MR) is 163 cm³/mol. The second kappa shape index (κ2) is 13.9. The van der Waals surface area contributed by atoms with Gasteiger partial charge >= 0.3 is 6.18 Å². The number of hydrogen-bond donors (Lipinski definition) is 2. The minimum Gasteiger partial charge on any atom is -0.465 e. The number of halogens is 3. The van der Waals surface area contributed by atoms with Gasteiger partial charge in [-0.05, 0) is 79.4 Å². The Kier molecular flexibility index (Phi) is 10.4. The van der Waals surface area contributed by atoms with E-state index in [0.717, 1.165) is 18.4 Å². The summed E-state index contributed by atoms with van der Waals surface area (Å²) in [6.45, 7) is 4.11. The second-order valence-electron chi connectivity index (χ2n) is 10.7. The van der Waals surface area contributed by atoms with Crippen molar-refractivity contribution in [1.82, 2.24) is 5.32 Å². The van der Waals surface area contributed by atoms with Crippen molar-refractivity contribution in [2.75, 3.05) is 49.5 Å². The Morgan fingerprint density at radius 3 is 2.44 bits per heavy atom. The van der Waals surface area contributed by atoms with Gasteiger partial charge in [0.1, 0.15) is 5.75 Å². The molecule has 1 aliphatic rings. The van der Waals surface area contributed by atoms with Gasteiger partial charge in [-0.15, -0.1) is 0 Å². The van der Waals surface area contributed by atoms with Crippen molar-refractivity contribution in [2.24, 2.45) is 0 Å². The summed E-state index contributed by atoms with van der Waals surface area (Å²) in [6, 6.07) is 12.3. The molecule has 0 aromatic heterocycles. The number of amides is 2. The number of carbonyl (C=O) groups is 2. The van der Waals surface area contributed by atoms with Crippen LogP contribution in [0, 0.1) is 0 Å². The molecule has 3 aromatic rings. The number of sulfonamides is 1. The Morgan fingerprint density at radius 2 is 1.78 bits per heavy atom. The van der Waals surface area contributed by atoms with E-state index in [9.17, 15) is 31.2 Å². The maximum atomic E-state index is 13.7. The number of anilines is 2. The van der Waals surface area contributed by atoms with Gasteiger partial charge in [-0.3, -0.25) is 14.3 Å². The molecule has 14 heteroatoms. The summed E-state index contributed by atoms with van der Waals surface area (Å²) in [5.41, 5.74) is 1.03. The predicted octanol–water partition coefficient (Wildman–Crippen LogP) is 5.08. The molecule has 0 fully saturated rings. The topological polar surface area (TPSA) is 123 Å². The fraction of sp³-hybridized carbons (Fsp3) is 0.355. The highest BCUT2D eigenvalue weighted by molar-refractivity contribution is 7.92. The van der Waals surface area contributed by atoms with Crippen molar-refractivity contribution < 1.29 is 45.4 Å². The van der Waals surface area contributed by atoms with Crippen LogP contribution >= 0.6 is 0 Å². The summed E-state index contributed by atoms with van der Waals surface area (Å²) in [5.74, 6) is -0.801.